The zero-order valence-corrected chi connectivity index (χ0v) is 17.0. The van der Waals surface area contributed by atoms with Crippen molar-refractivity contribution in [3.05, 3.63) is 23.8 Å². The molecule has 158 valence electrons. The lowest BCUT2D eigenvalue weighted by Crippen LogP contribution is -2.50. The van der Waals surface area contributed by atoms with Gasteiger partial charge in [-0.3, -0.25) is 14.5 Å². The van der Waals surface area contributed by atoms with E-state index in [9.17, 15) is 9.59 Å². The van der Waals surface area contributed by atoms with Gasteiger partial charge in [0, 0.05) is 57.9 Å². The number of carbonyl (C=O) groups excluding carboxylic acids is 2. The average Bonchev–Trinajstić information content (AvgIpc) is 3.24. The van der Waals surface area contributed by atoms with Crippen LogP contribution < -0.4 is 10.1 Å². The van der Waals surface area contributed by atoms with Crippen molar-refractivity contribution in [3.8, 4) is 5.75 Å². The quantitative estimate of drug-likeness (QED) is 0.708. The molecule has 7 heteroatoms. The smallest absolute Gasteiger partial charge is 0.224 e. The summed E-state index contributed by atoms with van der Waals surface area (Å²) in [6.07, 6.45) is 5.22. The molecule has 2 fully saturated rings. The highest BCUT2D eigenvalue weighted by Crippen LogP contribution is 2.27. The van der Waals surface area contributed by atoms with Gasteiger partial charge in [0.2, 0.25) is 11.8 Å². The molecule has 1 unspecified atom stereocenters. The Morgan fingerprint density at radius 2 is 2.07 bits per heavy atom. The van der Waals surface area contributed by atoms with Crippen LogP contribution in [0.25, 0.3) is 0 Å². The largest absolute Gasteiger partial charge is 0.494 e. The van der Waals surface area contributed by atoms with Crippen molar-refractivity contribution in [2.75, 3.05) is 51.3 Å². The summed E-state index contributed by atoms with van der Waals surface area (Å²) in [5, 5.41) is 2.87. The molecule has 2 amide bonds. The lowest BCUT2D eigenvalue weighted by Gasteiger charge is -2.35. The second-order valence-corrected chi connectivity index (χ2v) is 8.14. The van der Waals surface area contributed by atoms with Gasteiger partial charge < -0.3 is 19.7 Å². The number of anilines is 1. The zero-order chi connectivity index (χ0) is 20.1. The maximum Gasteiger partial charge on any atom is 0.224 e. The molecule has 0 radical (unpaired) electrons. The molecule has 0 aromatic heterocycles. The van der Waals surface area contributed by atoms with E-state index >= 15 is 0 Å². The Labute approximate surface area is 172 Å². The zero-order valence-electron chi connectivity index (χ0n) is 17.0. The van der Waals surface area contributed by atoms with Crippen molar-refractivity contribution in [1.29, 1.82) is 0 Å². The van der Waals surface area contributed by atoms with Crippen LogP contribution in [-0.4, -0.2) is 73.7 Å². The van der Waals surface area contributed by atoms with Gasteiger partial charge in [0.25, 0.3) is 0 Å². The number of nitrogens with one attached hydrogen (secondary N) is 1. The second kappa shape index (κ2) is 9.59. The normalized spacial score (nSPS) is 22.3. The SMILES string of the molecule is O=C1CCc2cc(OCCCC(=O)N3CCN(CC4CCCO4)CC3)ccc2N1. The number of nitrogens with zero attached hydrogens (tertiary/aromatic N) is 2. The van der Waals surface area contributed by atoms with Gasteiger partial charge >= 0.3 is 0 Å². The fraction of sp³-hybridized carbons (Fsp3) is 0.636. The van der Waals surface area contributed by atoms with Crippen molar-refractivity contribution < 1.29 is 19.1 Å². The van der Waals surface area contributed by atoms with E-state index in [4.69, 9.17) is 9.47 Å². The molecule has 7 nitrogen and oxygen atoms in total. The number of rotatable bonds is 7. The van der Waals surface area contributed by atoms with Crippen molar-refractivity contribution >= 4 is 17.5 Å². The van der Waals surface area contributed by atoms with Gasteiger partial charge in [0.15, 0.2) is 0 Å². The minimum atomic E-state index is 0.0670. The predicted molar refractivity (Wildman–Crippen MR) is 110 cm³/mol. The number of hydrogen-bond donors (Lipinski definition) is 1. The third kappa shape index (κ3) is 5.48. The van der Waals surface area contributed by atoms with Crippen LogP contribution in [0.15, 0.2) is 18.2 Å². The summed E-state index contributed by atoms with van der Waals surface area (Å²) >= 11 is 0. The first-order chi connectivity index (χ1) is 14.2. The van der Waals surface area contributed by atoms with Crippen LogP contribution in [0, 0.1) is 0 Å². The summed E-state index contributed by atoms with van der Waals surface area (Å²) in [6, 6.07) is 5.76. The fourth-order valence-corrected chi connectivity index (χ4v) is 4.28. The number of hydrogen-bond acceptors (Lipinski definition) is 5. The summed E-state index contributed by atoms with van der Waals surface area (Å²) in [4.78, 5) is 28.3. The first-order valence-electron chi connectivity index (χ1n) is 10.8. The maximum atomic E-state index is 12.5. The van der Waals surface area contributed by atoms with E-state index in [-0.39, 0.29) is 11.8 Å². The van der Waals surface area contributed by atoms with E-state index in [1.54, 1.807) is 0 Å². The number of ether oxygens (including phenoxy) is 2. The first kappa shape index (κ1) is 20.2. The molecule has 29 heavy (non-hydrogen) atoms. The number of piperazine rings is 1. The molecule has 1 aromatic carbocycles. The average molecular weight is 402 g/mol. The Bertz CT molecular complexity index is 725. The number of carbonyl (C=O) groups is 2. The van der Waals surface area contributed by atoms with E-state index in [1.807, 2.05) is 23.1 Å². The highest BCUT2D eigenvalue weighted by atomic mass is 16.5. The summed E-state index contributed by atoms with van der Waals surface area (Å²) < 4.78 is 11.5. The monoisotopic (exact) mass is 401 g/mol. The van der Waals surface area contributed by atoms with Gasteiger partial charge in [-0.15, -0.1) is 0 Å². The number of amides is 2. The van der Waals surface area contributed by atoms with Gasteiger partial charge in [0.1, 0.15) is 5.75 Å². The molecule has 1 aromatic rings. The van der Waals surface area contributed by atoms with Crippen LogP contribution in [0.2, 0.25) is 0 Å². The van der Waals surface area contributed by atoms with Gasteiger partial charge in [-0.05, 0) is 49.4 Å². The van der Waals surface area contributed by atoms with Crippen molar-refractivity contribution in [1.82, 2.24) is 9.80 Å². The van der Waals surface area contributed by atoms with Crippen LogP contribution in [0.1, 0.15) is 37.7 Å². The Morgan fingerprint density at radius 3 is 2.86 bits per heavy atom. The summed E-state index contributed by atoms with van der Waals surface area (Å²) in [7, 11) is 0. The van der Waals surface area contributed by atoms with Crippen molar-refractivity contribution in [2.45, 2.75) is 44.6 Å². The standard InChI is InChI=1S/C22H31N3O4/c26-21-8-5-17-15-18(6-7-20(17)23-21)28-14-2-4-22(27)25-11-9-24(10-12-25)16-19-3-1-13-29-19/h6-7,15,19H,1-5,8-14,16H2,(H,23,26). The van der Waals surface area contributed by atoms with Crippen molar-refractivity contribution in [3.63, 3.8) is 0 Å². The predicted octanol–water partition coefficient (Wildman–Crippen LogP) is 2.05. The molecule has 2 saturated heterocycles. The van der Waals surface area contributed by atoms with Gasteiger partial charge in [-0.1, -0.05) is 0 Å². The van der Waals surface area contributed by atoms with Crippen LogP contribution in [0.3, 0.4) is 0 Å². The van der Waals surface area contributed by atoms with Crippen LogP contribution in [0.5, 0.6) is 5.75 Å². The second-order valence-electron chi connectivity index (χ2n) is 8.14. The van der Waals surface area contributed by atoms with Gasteiger partial charge in [-0.25, -0.2) is 0 Å². The maximum absolute atomic E-state index is 12.5. The molecule has 3 aliphatic rings. The first-order valence-corrected chi connectivity index (χ1v) is 10.8. The number of benzene rings is 1. The molecule has 0 aliphatic carbocycles. The van der Waals surface area contributed by atoms with Crippen LogP contribution in [-0.2, 0) is 20.7 Å². The van der Waals surface area contributed by atoms with Crippen LogP contribution >= 0.6 is 0 Å². The molecule has 3 heterocycles. The highest BCUT2D eigenvalue weighted by Gasteiger charge is 2.24. The minimum absolute atomic E-state index is 0.0670. The van der Waals surface area contributed by atoms with Crippen molar-refractivity contribution in [2.24, 2.45) is 0 Å². The Morgan fingerprint density at radius 1 is 1.21 bits per heavy atom. The molecule has 4 rings (SSSR count). The topological polar surface area (TPSA) is 71.1 Å². The summed E-state index contributed by atoms with van der Waals surface area (Å²) in [5.74, 6) is 1.09. The lowest BCUT2D eigenvalue weighted by atomic mass is 10.0. The Balaban J connectivity index is 1.13. The molecule has 0 spiro atoms. The van der Waals surface area contributed by atoms with Gasteiger partial charge in [0.05, 0.1) is 12.7 Å². The molecule has 0 bridgehead atoms. The lowest BCUT2D eigenvalue weighted by molar-refractivity contribution is -0.133. The highest BCUT2D eigenvalue weighted by molar-refractivity contribution is 5.94. The Hall–Kier alpha value is -2.12. The van der Waals surface area contributed by atoms with Gasteiger partial charge in [-0.2, -0.15) is 0 Å². The summed E-state index contributed by atoms with van der Waals surface area (Å²) in [6.45, 7) is 5.91. The van der Waals surface area contributed by atoms with Crippen LogP contribution in [0.4, 0.5) is 5.69 Å². The fourth-order valence-electron chi connectivity index (χ4n) is 4.28. The number of fused-ring (bicyclic) bond motifs is 1. The number of aryl methyl sites for hydroxylation is 1. The van der Waals surface area contributed by atoms with E-state index < -0.39 is 0 Å². The molecule has 0 saturated carbocycles. The van der Waals surface area contributed by atoms with E-state index in [0.29, 0.717) is 32.0 Å². The molecular formula is C22H31N3O4. The third-order valence-electron chi connectivity index (χ3n) is 5.99. The Kier molecular flexibility index (Phi) is 6.67. The molecular weight excluding hydrogens is 370 g/mol. The van der Waals surface area contributed by atoms with E-state index in [2.05, 4.69) is 10.2 Å². The molecule has 1 atom stereocenters. The third-order valence-corrected chi connectivity index (χ3v) is 5.99. The minimum Gasteiger partial charge on any atom is -0.494 e. The summed E-state index contributed by atoms with van der Waals surface area (Å²) in [5.41, 5.74) is 1.99. The molecule has 3 aliphatic heterocycles. The van der Waals surface area contributed by atoms with E-state index in [0.717, 1.165) is 69.2 Å². The van der Waals surface area contributed by atoms with E-state index in [1.165, 1.54) is 6.42 Å². The molecule has 1 N–H and O–H groups in total.